The second kappa shape index (κ2) is 2.19. The Hall–Kier alpha value is -1.12. The molecule has 3 nitrogen and oxygen atoms in total. The normalized spacial score (nSPS) is 22.0. The Morgan fingerprint density at radius 1 is 1.64 bits per heavy atom. The molecule has 2 heterocycles. The third-order valence-corrected chi connectivity index (χ3v) is 2.15. The minimum Gasteiger partial charge on any atom is -0.372 e. The summed E-state index contributed by atoms with van der Waals surface area (Å²) in [5, 5.41) is 7.96. The van der Waals surface area contributed by atoms with Crippen LogP contribution in [-0.2, 0) is 0 Å². The number of rotatable bonds is 0. The zero-order chi connectivity index (χ0) is 7.84. The van der Waals surface area contributed by atoms with Crippen molar-refractivity contribution in [2.75, 3.05) is 18.5 Å². The summed E-state index contributed by atoms with van der Waals surface area (Å²) in [7, 11) is 2.09. The Kier molecular flexibility index (Phi) is 1.31. The van der Waals surface area contributed by atoms with Crippen LogP contribution in [0.15, 0.2) is 12.3 Å². The van der Waals surface area contributed by atoms with E-state index >= 15 is 0 Å². The summed E-state index contributed by atoms with van der Waals surface area (Å²) in [6.07, 6.45) is 1.74. The van der Waals surface area contributed by atoms with Crippen LogP contribution in [0.1, 0.15) is 18.5 Å². The first-order valence-electron chi connectivity index (χ1n) is 3.82. The van der Waals surface area contributed by atoms with Crippen LogP contribution in [0.25, 0.3) is 0 Å². The van der Waals surface area contributed by atoms with Gasteiger partial charge in [-0.05, 0) is 6.07 Å². The zero-order valence-corrected chi connectivity index (χ0v) is 6.78. The lowest BCUT2D eigenvalue weighted by atomic mass is 10.1. The summed E-state index contributed by atoms with van der Waals surface area (Å²) < 4.78 is 0. The highest BCUT2D eigenvalue weighted by Gasteiger charge is 2.23. The van der Waals surface area contributed by atoms with Crippen LogP contribution in [0.3, 0.4) is 0 Å². The van der Waals surface area contributed by atoms with E-state index in [9.17, 15) is 0 Å². The minimum atomic E-state index is 0.531. The van der Waals surface area contributed by atoms with Crippen molar-refractivity contribution in [2.45, 2.75) is 12.8 Å². The summed E-state index contributed by atoms with van der Waals surface area (Å²) in [5.74, 6) is 0.531. The van der Waals surface area contributed by atoms with Crippen molar-refractivity contribution in [3.8, 4) is 0 Å². The number of anilines is 1. The van der Waals surface area contributed by atoms with E-state index in [2.05, 4.69) is 29.1 Å². The van der Waals surface area contributed by atoms with Gasteiger partial charge in [0.25, 0.3) is 0 Å². The standard InChI is InChI=1S/C8H11N3/c1-6-5-11(2)7-3-4-9-10-8(6)7/h3-4,6H,5H2,1-2H3/t6-/m0/s1. The Morgan fingerprint density at radius 2 is 2.45 bits per heavy atom. The Labute approximate surface area is 66.1 Å². The van der Waals surface area contributed by atoms with Crippen LogP contribution in [0.5, 0.6) is 0 Å². The lowest BCUT2D eigenvalue weighted by Crippen LogP contribution is -2.13. The molecule has 3 heteroatoms. The number of likely N-dealkylation sites (N-methyl/N-ethyl adjacent to an activating group) is 1. The molecule has 0 N–H and O–H groups in total. The fourth-order valence-corrected chi connectivity index (χ4v) is 1.61. The maximum Gasteiger partial charge on any atom is 0.0909 e. The first-order valence-corrected chi connectivity index (χ1v) is 3.82. The summed E-state index contributed by atoms with van der Waals surface area (Å²) in [6, 6.07) is 2.02. The summed E-state index contributed by atoms with van der Waals surface area (Å²) in [6.45, 7) is 3.24. The number of hydrogen-bond donors (Lipinski definition) is 0. The smallest absolute Gasteiger partial charge is 0.0909 e. The maximum absolute atomic E-state index is 4.10. The van der Waals surface area contributed by atoms with Gasteiger partial charge in [-0.3, -0.25) is 0 Å². The third-order valence-electron chi connectivity index (χ3n) is 2.15. The number of nitrogens with zero attached hydrogens (tertiary/aromatic N) is 3. The van der Waals surface area contributed by atoms with Crippen LogP contribution in [0, 0.1) is 0 Å². The quantitative estimate of drug-likeness (QED) is 0.551. The van der Waals surface area contributed by atoms with Crippen molar-refractivity contribution in [3.63, 3.8) is 0 Å². The molecule has 1 aliphatic heterocycles. The first-order chi connectivity index (χ1) is 5.29. The highest BCUT2D eigenvalue weighted by atomic mass is 15.2. The molecule has 1 aliphatic rings. The molecule has 2 rings (SSSR count). The molecule has 0 aromatic carbocycles. The molecule has 0 fully saturated rings. The van der Waals surface area contributed by atoms with E-state index in [4.69, 9.17) is 0 Å². The molecule has 11 heavy (non-hydrogen) atoms. The van der Waals surface area contributed by atoms with Crippen LogP contribution < -0.4 is 4.90 Å². The summed E-state index contributed by atoms with van der Waals surface area (Å²) >= 11 is 0. The number of fused-ring (bicyclic) bond motifs is 1. The average Bonchev–Trinajstić information content (AvgIpc) is 2.30. The van der Waals surface area contributed by atoms with Gasteiger partial charge in [0.05, 0.1) is 17.6 Å². The van der Waals surface area contributed by atoms with Gasteiger partial charge in [-0.1, -0.05) is 6.92 Å². The molecule has 0 saturated carbocycles. The molecule has 0 amide bonds. The fraction of sp³-hybridized carbons (Fsp3) is 0.500. The molecular weight excluding hydrogens is 138 g/mol. The van der Waals surface area contributed by atoms with E-state index in [1.807, 2.05) is 6.07 Å². The Bertz CT molecular complexity index is 245. The molecule has 1 aromatic heterocycles. The van der Waals surface area contributed by atoms with Crippen molar-refractivity contribution in [2.24, 2.45) is 0 Å². The van der Waals surface area contributed by atoms with Crippen LogP contribution in [-0.4, -0.2) is 23.8 Å². The second-order valence-corrected chi connectivity index (χ2v) is 3.08. The lowest BCUT2D eigenvalue weighted by Gasteiger charge is -2.09. The van der Waals surface area contributed by atoms with Crippen LogP contribution in [0.4, 0.5) is 5.69 Å². The van der Waals surface area contributed by atoms with Gasteiger partial charge in [0, 0.05) is 19.5 Å². The monoisotopic (exact) mass is 149 g/mol. The minimum absolute atomic E-state index is 0.531. The van der Waals surface area contributed by atoms with Crippen molar-refractivity contribution in [1.82, 2.24) is 10.2 Å². The van der Waals surface area contributed by atoms with Crippen molar-refractivity contribution >= 4 is 5.69 Å². The SMILES string of the molecule is C[C@H]1CN(C)c2ccnnc21. The Balaban J connectivity index is 2.52. The molecule has 1 aromatic rings. The van der Waals surface area contributed by atoms with Gasteiger partial charge in [0.2, 0.25) is 0 Å². The number of hydrogen-bond acceptors (Lipinski definition) is 3. The van der Waals surface area contributed by atoms with Gasteiger partial charge >= 0.3 is 0 Å². The molecule has 58 valence electrons. The largest absolute Gasteiger partial charge is 0.372 e. The van der Waals surface area contributed by atoms with E-state index in [0.29, 0.717) is 5.92 Å². The average molecular weight is 149 g/mol. The third kappa shape index (κ3) is 0.878. The predicted octanol–water partition coefficient (Wildman–Crippen LogP) is 1.03. The summed E-state index contributed by atoms with van der Waals surface area (Å²) in [5.41, 5.74) is 2.36. The van der Waals surface area contributed by atoms with Gasteiger partial charge in [0.15, 0.2) is 0 Å². The van der Waals surface area contributed by atoms with E-state index in [1.54, 1.807) is 6.20 Å². The Morgan fingerprint density at radius 3 is 3.18 bits per heavy atom. The topological polar surface area (TPSA) is 29.0 Å². The first kappa shape index (κ1) is 6.58. The van der Waals surface area contributed by atoms with Gasteiger partial charge in [0.1, 0.15) is 0 Å². The molecule has 0 aliphatic carbocycles. The maximum atomic E-state index is 4.10. The van der Waals surface area contributed by atoms with Crippen molar-refractivity contribution in [1.29, 1.82) is 0 Å². The van der Waals surface area contributed by atoms with Crippen molar-refractivity contribution < 1.29 is 0 Å². The van der Waals surface area contributed by atoms with E-state index in [0.717, 1.165) is 12.2 Å². The molecule has 0 unspecified atom stereocenters. The molecule has 0 saturated heterocycles. The zero-order valence-electron chi connectivity index (χ0n) is 6.78. The highest BCUT2D eigenvalue weighted by molar-refractivity contribution is 5.55. The highest BCUT2D eigenvalue weighted by Crippen LogP contribution is 2.31. The second-order valence-electron chi connectivity index (χ2n) is 3.08. The molecule has 0 spiro atoms. The van der Waals surface area contributed by atoms with Gasteiger partial charge in [-0.15, -0.1) is 0 Å². The van der Waals surface area contributed by atoms with E-state index in [1.165, 1.54) is 5.69 Å². The molecule has 1 atom stereocenters. The molecule has 0 radical (unpaired) electrons. The fourth-order valence-electron chi connectivity index (χ4n) is 1.61. The van der Waals surface area contributed by atoms with Gasteiger partial charge in [-0.25, -0.2) is 0 Å². The lowest BCUT2D eigenvalue weighted by molar-refractivity contribution is 0.762. The molecule has 0 bridgehead atoms. The van der Waals surface area contributed by atoms with E-state index < -0.39 is 0 Å². The van der Waals surface area contributed by atoms with Crippen LogP contribution >= 0.6 is 0 Å². The molecular formula is C8H11N3. The predicted molar refractivity (Wildman–Crippen MR) is 43.7 cm³/mol. The number of aromatic nitrogens is 2. The van der Waals surface area contributed by atoms with E-state index in [-0.39, 0.29) is 0 Å². The van der Waals surface area contributed by atoms with Crippen molar-refractivity contribution in [3.05, 3.63) is 18.0 Å². The van der Waals surface area contributed by atoms with Crippen LogP contribution in [0.2, 0.25) is 0 Å². The van der Waals surface area contributed by atoms with Gasteiger partial charge in [-0.2, -0.15) is 10.2 Å². The summed E-state index contributed by atoms with van der Waals surface area (Å²) in [4.78, 5) is 2.22. The van der Waals surface area contributed by atoms with Gasteiger partial charge < -0.3 is 4.90 Å².